The van der Waals surface area contributed by atoms with E-state index in [9.17, 15) is 4.79 Å². The lowest BCUT2D eigenvalue weighted by molar-refractivity contribution is 0.0746. The Morgan fingerprint density at radius 1 is 1.08 bits per heavy atom. The van der Waals surface area contributed by atoms with Gasteiger partial charge in [0.25, 0.3) is 5.91 Å². The average molecular weight is 374 g/mol. The number of carbonyl (C=O) groups excluding carboxylic acids is 1. The van der Waals surface area contributed by atoms with Crippen molar-refractivity contribution in [2.45, 2.75) is 13.8 Å². The Bertz CT molecular complexity index is 740. The smallest absolute Gasteiger partial charge is 0.254 e. The van der Waals surface area contributed by atoms with Gasteiger partial charge in [-0.2, -0.15) is 0 Å². The van der Waals surface area contributed by atoms with Gasteiger partial charge in [-0.3, -0.25) is 4.79 Å². The fraction of sp³-hybridized carbons (Fsp3) is 0.421. The molecule has 2 aromatic rings. The molecular formula is C19H24ClN5O. The normalized spacial score (nSPS) is 14.4. The number of aromatic nitrogens is 2. The maximum Gasteiger partial charge on any atom is 0.254 e. The van der Waals surface area contributed by atoms with Crippen LogP contribution in [0, 0.1) is 0 Å². The van der Waals surface area contributed by atoms with Crippen LogP contribution in [0.15, 0.2) is 36.4 Å². The Hall–Kier alpha value is -2.34. The van der Waals surface area contributed by atoms with E-state index in [0.717, 1.165) is 37.8 Å². The van der Waals surface area contributed by atoms with E-state index < -0.39 is 0 Å². The van der Waals surface area contributed by atoms with Crippen molar-refractivity contribution >= 4 is 29.1 Å². The van der Waals surface area contributed by atoms with Crippen molar-refractivity contribution in [3.05, 3.63) is 47.0 Å². The third-order valence-corrected chi connectivity index (χ3v) is 4.92. The number of hydrogen-bond donors (Lipinski definition) is 0. The zero-order valence-electron chi connectivity index (χ0n) is 15.2. The second kappa shape index (κ2) is 8.36. The molecule has 0 N–H and O–H groups in total. The Morgan fingerprint density at radius 3 is 2.38 bits per heavy atom. The van der Waals surface area contributed by atoms with Crippen molar-refractivity contribution in [3.8, 4) is 0 Å². The van der Waals surface area contributed by atoms with Gasteiger partial charge in [-0.25, -0.2) is 0 Å². The summed E-state index contributed by atoms with van der Waals surface area (Å²) in [5, 5.41) is 9.30. The molecule has 0 bridgehead atoms. The number of hydrogen-bond acceptors (Lipinski definition) is 5. The highest BCUT2D eigenvalue weighted by Gasteiger charge is 2.23. The first-order valence-electron chi connectivity index (χ1n) is 9.00. The van der Waals surface area contributed by atoms with Gasteiger partial charge in [0, 0.05) is 49.9 Å². The molecule has 1 aliphatic rings. The van der Waals surface area contributed by atoms with Crippen LogP contribution in [0.25, 0.3) is 0 Å². The monoisotopic (exact) mass is 373 g/mol. The quantitative estimate of drug-likeness (QED) is 0.806. The van der Waals surface area contributed by atoms with Gasteiger partial charge < -0.3 is 14.7 Å². The minimum atomic E-state index is 0.0233. The molecule has 0 atom stereocenters. The minimum Gasteiger partial charge on any atom is -0.356 e. The van der Waals surface area contributed by atoms with E-state index in [4.69, 9.17) is 11.6 Å². The molecule has 0 unspecified atom stereocenters. The van der Waals surface area contributed by atoms with Gasteiger partial charge in [0.1, 0.15) is 0 Å². The summed E-state index contributed by atoms with van der Waals surface area (Å²) in [6.07, 6.45) is 0. The Balaban J connectivity index is 1.60. The van der Waals surface area contributed by atoms with Crippen LogP contribution in [0.1, 0.15) is 24.2 Å². The molecule has 138 valence electrons. The van der Waals surface area contributed by atoms with Gasteiger partial charge in [0.05, 0.1) is 0 Å². The molecule has 0 saturated carbocycles. The highest BCUT2D eigenvalue weighted by Crippen LogP contribution is 2.18. The van der Waals surface area contributed by atoms with E-state index in [1.165, 1.54) is 0 Å². The first-order chi connectivity index (χ1) is 12.6. The lowest BCUT2D eigenvalue weighted by atomic mass is 10.2. The van der Waals surface area contributed by atoms with E-state index in [2.05, 4.69) is 33.8 Å². The van der Waals surface area contributed by atoms with E-state index in [1.54, 1.807) is 24.3 Å². The molecule has 6 nitrogen and oxygen atoms in total. The molecule has 0 spiro atoms. The number of benzene rings is 1. The summed E-state index contributed by atoms with van der Waals surface area (Å²) in [6.45, 7) is 8.83. The highest BCUT2D eigenvalue weighted by molar-refractivity contribution is 6.30. The first kappa shape index (κ1) is 18.5. The Morgan fingerprint density at radius 2 is 1.81 bits per heavy atom. The van der Waals surface area contributed by atoms with Gasteiger partial charge in [-0.15, -0.1) is 10.2 Å². The van der Waals surface area contributed by atoms with Crippen LogP contribution in [0.3, 0.4) is 0 Å². The third-order valence-electron chi connectivity index (χ3n) is 4.69. The standard InChI is InChI=1S/C19H24ClN5O/c1-3-23(4-2)17-8-9-18(22-21-17)24-10-12-25(13-11-24)19(26)15-6-5-7-16(20)14-15/h5-9,14H,3-4,10-13H2,1-2H3. The summed E-state index contributed by atoms with van der Waals surface area (Å²) in [6, 6.07) is 11.1. The predicted molar refractivity (Wildman–Crippen MR) is 105 cm³/mol. The molecule has 7 heteroatoms. The van der Waals surface area contributed by atoms with E-state index >= 15 is 0 Å². The predicted octanol–water partition coefficient (Wildman–Crippen LogP) is 2.94. The number of rotatable bonds is 5. The lowest BCUT2D eigenvalue weighted by Gasteiger charge is -2.35. The average Bonchev–Trinajstić information content (AvgIpc) is 2.69. The molecule has 3 rings (SSSR count). The first-order valence-corrected chi connectivity index (χ1v) is 9.38. The highest BCUT2D eigenvalue weighted by atomic mass is 35.5. The van der Waals surface area contributed by atoms with Crippen molar-refractivity contribution in [2.24, 2.45) is 0 Å². The number of amides is 1. The number of anilines is 2. The number of carbonyl (C=O) groups is 1. The minimum absolute atomic E-state index is 0.0233. The van der Waals surface area contributed by atoms with Gasteiger partial charge >= 0.3 is 0 Å². The topological polar surface area (TPSA) is 52.6 Å². The molecule has 1 saturated heterocycles. The number of piperazine rings is 1. The summed E-state index contributed by atoms with van der Waals surface area (Å²) in [5.41, 5.74) is 0.634. The number of halogens is 1. The lowest BCUT2D eigenvalue weighted by Crippen LogP contribution is -2.49. The molecule has 26 heavy (non-hydrogen) atoms. The van der Waals surface area contributed by atoms with Gasteiger partial charge in [-0.1, -0.05) is 17.7 Å². The molecule has 2 heterocycles. The summed E-state index contributed by atoms with van der Waals surface area (Å²) < 4.78 is 0. The van der Waals surface area contributed by atoms with Crippen molar-refractivity contribution in [3.63, 3.8) is 0 Å². The largest absolute Gasteiger partial charge is 0.356 e. The molecule has 1 amide bonds. The van der Waals surface area contributed by atoms with Crippen LogP contribution in [-0.2, 0) is 0 Å². The van der Waals surface area contributed by atoms with Crippen LogP contribution in [-0.4, -0.2) is 60.3 Å². The fourth-order valence-electron chi connectivity index (χ4n) is 3.15. The SMILES string of the molecule is CCN(CC)c1ccc(N2CCN(C(=O)c3cccc(Cl)c3)CC2)nn1. The Labute approximate surface area is 159 Å². The van der Waals surface area contributed by atoms with Gasteiger partial charge in [0.2, 0.25) is 0 Å². The van der Waals surface area contributed by atoms with Gasteiger partial charge in [-0.05, 0) is 44.2 Å². The summed E-state index contributed by atoms with van der Waals surface area (Å²) >= 11 is 5.99. The molecule has 0 aliphatic carbocycles. The van der Waals surface area contributed by atoms with Crippen molar-refractivity contribution in [1.82, 2.24) is 15.1 Å². The van der Waals surface area contributed by atoms with E-state index in [1.807, 2.05) is 17.0 Å². The second-order valence-electron chi connectivity index (χ2n) is 6.21. The van der Waals surface area contributed by atoms with Gasteiger partial charge in [0.15, 0.2) is 11.6 Å². The van der Waals surface area contributed by atoms with Crippen LogP contribution in [0.5, 0.6) is 0 Å². The fourth-order valence-corrected chi connectivity index (χ4v) is 3.34. The molecular weight excluding hydrogens is 350 g/mol. The van der Waals surface area contributed by atoms with E-state index in [-0.39, 0.29) is 5.91 Å². The molecule has 1 aromatic carbocycles. The van der Waals surface area contributed by atoms with Crippen molar-refractivity contribution < 1.29 is 4.79 Å². The summed E-state index contributed by atoms with van der Waals surface area (Å²) in [7, 11) is 0. The number of nitrogens with zero attached hydrogens (tertiary/aromatic N) is 5. The summed E-state index contributed by atoms with van der Waals surface area (Å²) in [4.78, 5) is 18.8. The molecule has 1 aliphatic heterocycles. The zero-order chi connectivity index (χ0) is 18.5. The molecule has 1 fully saturated rings. The summed E-state index contributed by atoms with van der Waals surface area (Å²) in [5.74, 6) is 1.78. The van der Waals surface area contributed by atoms with Crippen molar-refractivity contribution in [1.29, 1.82) is 0 Å². The maximum atomic E-state index is 12.6. The maximum absolute atomic E-state index is 12.6. The van der Waals surface area contributed by atoms with Crippen LogP contribution in [0.2, 0.25) is 5.02 Å². The Kier molecular flexibility index (Phi) is 5.93. The second-order valence-corrected chi connectivity index (χ2v) is 6.65. The van der Waals surface area contributed by atoms with Crippen molar-refractivity contribution in [2.75, 3.05) is 49.1 Å². The molecule has 0 radical (unpaired) electrons. The molecule has 1 aromatic heterocycles. The third kappa shape index (κ3) is 4.07. The van der Waals surface area contributed by atoms with Crippen LogP contribution >= 0.6 is 11.6 Å². The van der Waals surface area contributed by atoms with Crippen LogP contribution < -0.4 is 9.80 Å². The van der Waals surface area contributed by atoms with Crippen LogP contribution in [0.4, 0.5) is 11.6 Å². The van der Waals surface area contributed by atoms with E-state index in [0.29, 0.717) is 23.7 Å². The zero-order valence-corrected chi connectivity index (χ0v) is 16.0.